The molecule has 0 fully saturated rings. The van der Waals surface area contributed by atoms with Gasteiger partial charge in [-0.25, -0.2) is 0 Å². The standard InChI is InChI=1S/C27H15F39OSi/c1-2-6-67-68(7-3-10(28,29)13(34,35)16(40,41)19(46,47)22(52,53)25(58,59)60,8-4-11(30,31)14(36,37)17(42,43)20(48,49)23(54,55)26(61,62)63)9-5-12(32,33)15(38,39)18(44,45)21(50,51)24(56,57)27(64,65)66/h1H,3-9H2. The van der Waals surface area contributed by atoms with Gasteiger partial charge in [0, 0.05) is 19.3 Å². The molecule has 0 aromatic carbocycles. The van der Waals surface area contributed by atoms with Gasteiger partial charge in [0.1, 0.15) is 0 Å². The highest BCUT2D eigenvalue weighted by atomic mass is 28.4. The molecule has 41 heteroatoms. The minimum atomic E-state index is -8.90. The second-order valence-electron chi connectivity index (χ2n) is 13.7. The third-order valence-electron chi connectivity index (χ3n) is 9.14. The fourth-order valence-electron chi connectivity index (χ4n) is 4.82. The van der Waals surface area contributed by atoms with Crippen LogP contribution in [0.4, 0.5) is 171 Å². The molecule has 0 aliphatic carbocycles. The fourth-order valence-corrected chi connectivity index (χ4v) is 8.70. The van der Waals surface area contributed by atoms with E-state index in [9.17, 15) is 171 Å². The van der Waals surface area contributed by atoms with E-state index in [0.29, 0.717) is 0 Å². The zero-order chi connectivity index (χ0) is 55.9. The van der Waals surface area contributed by atoms with Crippen molar-refractivity contribution in [3.63, 3.8) is 0 Å². The van der Waals surface area contributed by atoms with Gasteiger partial charge in [-0.1, -0.05) is 5.92 Å². The van der Waals surface area contributed by atoms with Crippen molar-refractivity contribution in [2.24, 2.45) is 0 Å². The second-order valence-corrected chi connectivity index (χ2v) is 17.8. The van der Waals surface area contributed by atoms with Gasteiger partial charge in [0.05, 0.1) is 6.61 Å². The number of hydrogen-bond acceptors (Lipinski definition) is 1. The van der Waals surface area contributed by atoms with Crippen molar-refractivity contribution in [1.82, 2.24) is 0 Å². The van der Waals surface area contributed by atoms with Crippen LogP contribution < -0.4 is 0 Å². The van der Waals surface area contributed by atoms with Gasteiger partial charge in [-0.05, 0) is 18.1 Å². The Morgan fingerprint density at radius 3 is 0.574 bits per heavy atom. The second kappa shape index (κ2) is 17.6. The van der Waals surface area contributed by atoms with Crippen LogP contribution in [0.25, 0.3) is 0 Å². The molecule has 0 N–H and O–H groups in total. The molecule has 0 saturated carbocycles. The lowest BCUT2D eigenvalue weighted by molar-refractivity contribution is -0.440. The molecule has 0 aromatic rings. The lowest BCUT2D eigenvalue weighted by Crippen LogP contribution is -2.70. The van der Waals surface area contributed by atoms with Crippen LogP contribution in [0.3, 0.4) is 0 Å². The summed E-state index contributed by atoms with van der Waals surface area (Å²) in [7, 11) is -7.26. The van der Waals surface area contributed by atoms with Crippen molar-refractivity contribution in [3.8, 4) is 12.3 Å². The molecule has 0 rings (SSSR count). The minimum absolute atomic E-state index is 0.808. The summed E-state index contributed by atoms with van der Waals surface area (Å²) in [5.74, 6) is -127. The highest BCUT2D eigenvalue weighted by molar-refractivity contribution is 6.73. The Kier molecular flexibility index (Phi) is 16.9. The normalized spacial score (nSPS) is 16.6. The van der Waals surface area contributed by atoms with E-state index in [0.717, 1.165) is 5.92 Å². The first-order valence-corrected chi connectivity index (χ1v) is 18.4. The molecule has 1 nitrogen and oxygen atoms in total. The number of halogens is 39. The van der Waals surface area contributed by atoms with Crippen LogP contribution in [-0.4, -0.2) is 122 Å². The average Bonchev–Trinajstić information content (AvgIpc) is 3.11. The first kappa shape index (κ1) is 65.0. The van der Waals surface area contributed by atoms with E-state index in [1.165, 1.54) is 0 Å². The van der Waals surface area contributed by atoms with Gasteiger partial charge >= 0.3 is 107 Å². The molecule has 0 aromatic heterocycles. The summed E-state index contributed by atoms with van der Waals surface area (Å²) in [4.78, 5) is 0. The van der Waals surface area contributed by atoms with E-state index in [4.69, 9.17) is 0 Å². The molecule has 0 aliphatic heterocycles. The smallest absolute Gasteiger partial charge is 0.406 e. The van der Waals surface area contributed by atoms with E-state index in [2.05, 4.69) is 10.8 Å². The van der Waals surface area contributed by atoms with Gasteiger partial charge in [-0.2, -0.15) is 171 Å². The lowest BCUT2D eigenvalue weighted by atomic mass is 9.93. The van der Waals surface area contributed by atoms with Gasteiger partial charge in [-0.3, -0.25) is 0 Å². The molecule has 0 unspecified atom stereocenters. The Hall–Kier alpha value is -2.99. The minimum Gasteiger partial charge on any atom is -0.406 e. The quantitative estimate of drug-likeness (QED) is 0.0563. The zero-order valence-electron chi connectivity index (χ0n) is 30.7. The van der Waals surface area contributed by atoms with E-state index < -0.39 is 160 Å². The van der Waals surface area contributed by atoms with Gasteiger partial charge < -0.3 is 4.43 Å². The maximum absolute atomic E-state index is 14.7. The Labute approximate surface area is 348 Å². The number of alkyl halides is 39. The molecule has 0 atom stereocenters. The molecule has 0 spiro atoms. The molecular weight excluding hydrogens is 1110 g/mol. The molecule has 68 heavy (non-hydrogen) atoms. The Morgan fingerprint density at radius 1 is 0.265 bits per heavy atom. The first-order valence-electron chi connectivity index (χ1n) is 15.9. The first-order chi connectivity index (χ1) is 28.9. The van der Waals surface area contributed by atoms with Crippen molar-refractivity contribution < 1.29 is 176 Å². The number of hydrogen-bond donors (Lipinski definition) is 0. The molecule has 0 bridgehead atoms. The van der Waals surface area contributed by atoms with Crippen LogP contribution >= 0.6 is 0 Å². The zero-order valence-corrected chi connectivity index (χ0v) is 31.7. The Bertz CT molecular complexity index is 1580. The van der Waals surface area contributed by atoms with Crippen molar-refractivity contribution >= 4 is 8.32 Å². The molecular formula is C27H15F39OSi. The van der Waals surface area contributed by atoms with Gasteiger partial charge in [0.25, 0.3) is 0 Å². The van der Waals surface area contributed by atoms with Crippen molar-refractivity contribution in [2.45, 2.75) is 145 Å². The molecule has 406 valence electrons. The van der Waals surface area contributed by atoms with Gasteiger partial charge in [0.2, 0.25) is 0 Å². The van der Waals surface area contributed by atoms with Crippen LogP contribution in [0.15, 0.2) is 0 Å². The summed E-state index contributed by atoms with van der Waals surface area (Å²) in [6.45, 7) is -2.37. The topological polar surface area (TPSA) is 9.23 Å². The summed E-state index contributed by atoms with van der Waals surface area (Å²) in [5, 5.41) is 0. The van der Waals surface area contributed by atoms with Gasteiger partial charge in [-0.15, -0.1) is 6.42 Å². The lowest BCUT2D eigenvalue weighted by Gasteiger charge is -2.42. The maximum atomic E-state index is 14.7. The van der Waals surface area contributed by atoms with Crippen LogP contribution in [-0.2, 0) is 4.43 Å². The highest BCUT2D eigenvalue weighted by Gasteiger charge is 2.93. The summed E-state index contributed by atoms with van der Waals surface area (Å²) in [6, 6.07) is -10.4. The average molecular weight is 1120 g/mol. The highest BCUT2D eigenvalue weighted by Crippen LogP contribution is 2.65. The van der Waals surface area contributed by atoms with E-state index >= 15 is 0 Å². The van der Waals surface area contributed by atoms with Crippen molar-refractivity contribution in [3.05, 3.63) is 0 Å². The molecule has 0 saturated heterocycles. The van der Waals surface area contributed by atoms with Crippen LogP contribution in [0.1, 0.15) is 19.3 Å². The monoisotopic (exact) mass is 1120 g/mol. The third-order valence-corrected chi connectivity index (χ3v) is 13.4. The Balaban J connectivity index is 8.12. The van der Waals surface area contributed by atoms with E-state index in [1.807, 2.05) is 0 Å². The molecule has 0 amide bonds. The molecule has 0 aliphatic rings. The summed E-state index contributed by atoms with van der Waals surface area (Å²) < 4.78 is 535. The summed E-state index contributed by atoms with van der Waals surface area (Å²) in [5.41, 5.74) is 0. The Morgan fingerprint density at radius 2 is 0.426 bits per heavy atom. The number of terminal acetylenes is 1. The predicted octanol–water partition coefficient (Wildman–Crippen LogP) is 15.0. The third kappa shape index (κ3) is 9.70. The van der Waals surface area contributed by atoms with Crippen LogP contribution in [0.5, 0.6) is 0 Å². The largest absolute Gasteiger partial charge is 0.460 e. The predicted molar refractivity (Wildman–Crippen MR) is 141 cm³/mol. The van der Waals surface area contributed by atoms with Crippen LogP contribution in [0, 0.1) is 12.3 Å². The fraction of sp³-hybridized carbons (Fsp3) is 0.926. The molecule has 0 radical (unpaired) electrons. The van der Waals surface area contributed by atoms with Crippen molar-refractivity contribution in [1.29, 1.82) is 0 Å². The van der Waals surface area contributed by atoms with Gasteiger partial charge in [0.15, 0.2) is 8.32 Å². The summed E-state index contributed by atoms with van der Waals surface area (Å²) in [6.07, 6.45) is -32.5. The van der Waals surface area contributed by atoms with Crippen molar-refractivity contribution in [2.75, 3.05) is 6.61 Å². The maximum Gasteiger partial charge on any atom is 0.460 e. The van der Waals surface area contributed by atoms with E-state index in [-0.39, 0.29) is 0 Å². The van der Waals surface area contributed by atoms with Crippen LogP contribution in [0.2, 0.25) is 18.1 Å². The molecule has 0 heterocycles. The number of rotatable bonds is 23. The SMILES string of the molecule is C#CCO[Si](CCC(F)(F)C(F)(F)C(F)(F)C(F)(F)C(F)(F)C(F)(F)F)(CCC(F)(F)C(F)(F)C(F)(F)C(F)(F)C(F)(F)C(F)(F)F)CCC(F)(F)C(F)(F)C(F)(F)C(F)(F)C(F)(F)C(F)(F)F. The van der Waals surface area contributed by atoms with E-state index in [1.54, 1.807) is 0 Å². The summed E-state index contributed by atoms with van der Waals surface area (Å²) >= 11 is 0.